The molecule has 2 N–H and O–H groups in total. The molecule has 6 heteroatoms. The normalized spacial score (nSPS) is 21.1. The highest BCUT2D eigenvalue weighted by Gasteiger charge is 2.47. The summed E-state index contributed by atoms with van der Waals surface area (Å²) in [4.78, 5) is 25.4. The van der Waals surface area contributed by atoms with Gasteiger partial charge in [-0.05, 0) is 44.4 Å². The minimum Gasteiger partial charge on any atom is -0.481 e. The van der Waals surface area contributed by atoms with Gasteiger partial charge in [0.1, 0.15) is 6.42 Å². The molecule has 4 rings (SSSR count). The summed E-state index contributed by atoms with van der Waals surface area (Å²) in [5.41, 5.74) is 6.69. The van der Waals surface area contributed by atoms with Gasteiger partial charge in [0, 0.05) is 41.1 Å². The lowest BCUT2D eigenvalue weighted by atomic mass is 9.75. The standard InChI is InChI=1S/C43H56N2O4/c1-5-7-9-20-30-42(3)34-22-16-18-24-36(34)44(32-28-40(46)47)38(42)26-14-12-11-13-15-27-39-43(4,31-21-10-8-6-2)35-23-17-19-25-37(35)45(39)33-29-41(48)49/h11-19,22-27H,5-10,20-21,28-33H2,1-4H3,(H-,46,47,48,49)/p+1. The van der Waals surface area contributed by atoms with Gasteiger partial charge < -0.3 is 15.1 Å². The van der Waals surface area contributed by atoms with Crippen molar-refractivity contribution in [3.05, 3.63) is 108 Å². The molecule has 0 spiro atoms. The molecule has 0 aliphatic carbocycles. The van der Waals surface area contributed by atoms with Gasteiger partial charge in [-0.1, -0.05) is 132 Å². The predicted octanol–water partition coefficient (Wildman–Crippen LogP) is 10.3. The van der Waals surface area contributed by atoms with Crippen molar-refractivity contribution < 1.29 is 24.4 Å². The van der Waals surface area contributed by atoms with Crippen molar-refractivity contribution >= 4 is 29.0 Å². The largest absolute Gasteiger partial charge is 0.481 e. The fourth-order valence-corrected chi connectivity index (χ4v) is 7.75. The minimum absolute atomic E-state index is 0.0791. The van der Waals surface area contributed by atoms with Crippen LogP contribution in [0.3, 0.4) is 0 Å². The van der Waals surface area contributed by atoms with Crippen molar-refractivity contribution in [2.45, 2.75) is 116 Å². The Morgan fingerprint density at radius 3 is 1.98 bits per heavy atom. The molecule has 0 bridgehead atoms. The smallest absolute Gasteiger partial charge is 0.309 e. The number of para-hydroxylation sites is 2. The molecule has 0 radical (unpaired) electrons. The molecule has 2 aliphatic rings. The van der Waals surface area contributed by atoms with Gasteiger partial charge in [-0.15, -0.1) is 0 Å². The summed E-state index contributed by atoms with van der Waals surface area (Å²) in [5.74, 6) is -1.58. The Morgan fingerprint density at radius 2 is 1.31 bits per heavy atom. The van der Waals surface area contributed by atoms with Gasteiger partial charge >= 0.3 is 11.9 Å². The monoisotopic (exact) mass is 665 g/mol. The van der Waals surface area contributed by atoms with Gasteiger partial charge in [-0.2, -0.15) is 4.58 Å². The van der Waals surface area contributed by atoms with E-state index in [2.05, 4.69) is 97.9 Å². The number of nitrogens with zero attached hydrogens (tertiary/aromatic N) is 2. The summed E-state index contributed by atoms with van der Waals surface area (Å²) in [6, 6.07) is 16.9. The van der Waals surface area contributed by atoms with Gasteiger partial charge in [0.2, 0.25) is 5.69 Å². The molecule has 2 atom stereocenters. The summed E-state index contributed by atoms with van der Waals surface area (Å²) in [7, 11) is 0. The van der Waals surface area contributed by atoms with Crippen molar-refractivity contribution in [2.75, 3.05) is 18.0 Å². The average Bonchev–Trinajstić information content (AvgIpc) is 3.47. The van der Waals surface area contributed by atoms with Crippen molar-refractivity contribution in [3.63, 3.8) is 0 Å². The Labute approximate surface area is 294 Å². The van der Waals surface area contributed by atoms with E-state index in [1.807, 2.05) is 30.4 Å². The topological polar surface area (TPSA) is 80.9 Å². The number of unbranched alkanes of at least 4 members (excludes halogenated alkanes) is 6. The fraction of sp³-hybridized carbons (Fsp3) is 0.465. The number of hydrogen-bond acceptors (Lipinski definition) is 3. The zero-order valence-electron chi connectivity index (χ0n) is 30.2. The zero-order chi connectivity index (χ0) is 35.3. The number of fused-ring (bicyclic) bond motifs is 2. The van der Waals surface area contributed by atoms with Crippen molar-refractivity contribution in [1.82, 2.24) is 0 Å². The number of carboxylic acid groups (broad SMARTS) is 2. The third-order valence-corrected chi connectivity index (χ3v) is 10.4. The molecule has 0 aromatic heterocycles. The van der Waals surface area contributed by atoms with Crippen LogP contribution in [0.25, 0.3) is 0 Å². The summed E-state index contributed by atoms with van der Waals surface area (Å²) in [6.07, 6.45) is 26.2. The van der Waals surface area contributed by atoms with E-state index in [0.717, 1.165) is 48.5 Å². The third kappa shape index (κ3) is 9.09. The molecule has 49 heavy (non-hydrogen) atoms. The number of allylic oxidation sites excluding steroid dienone is 8. The predicted molar refractivity (Wildman–Crippen MR) is 202 cm³/mol. The Balaban J connectivity index is 1.60. The van der Waals surface area contributed by atoms with E-state index in [0.29, 0.717) is 13.1 Å². The first-order chi connectivity index (χ1) is 23.7. The summed E-state index contributed by atoms with van der Waals surface area (Å²) in [5, 5.41) is 19.1. The molecular formula is C43H57N2O4+. The van der Waals surface area contributed by atoms with Crippen LogP contribution in [-0.4, -0.2) is 45.5 Å². The maximum atomic E-state index is 11.6. The Kier molecular flexibility index (Phi) is 13.8. The van der Waals surface area contributed by atoms with Gasteiger partial charge in [-0.25, -0.2) is 0 Å². The van der Waals surface area contributed by atoms with Crippen molar-refractivity contribution in [3.8, 4) is 0 Å². The third-order valence-electron chi connectivity index (χ3n) is 10.4. The first-order valence-electron chi connectivity index (χ1n) is 18.4. The van der Waals surface area contributed by atoms with Gasteiger partial charge in [0.25, 0.3) is 0 Å². The van der Waals surface area contributed by atoms with Crippen LogP contribution in [0.4, 0.5) is 11.4 Å². The molecule has 0 saturated carbocycles. The van der Waals surface area contributed by atoms with E-state index in [1.165, 1.54) is 49.7 Å². The second kappa shape index (κ2) is 18.0. The lowest BCUT2D eigenvalue weighted by Gasteiger charge is -2.30. The Bertz CT molecular complexity index is 1600. The molecule has 2 aromatic rings. The molecule has 0 fully saturated rings. The molecule has 2 aliphatic heterocycles. The number of carbonyl (C=O) groups is 2. The van der Waals surface area contributed by atoms with Crippen molar-refractivity contribution in [1.29, 1.82) is 0 Å². The minimum atomic E-state index is -0.791. The van der Waals surface area contributed by atoms with E-state index in [1.54, 1.807) is 0 Å². The fourth-order valence-electron chi connectivity index (χ4n) is 7.75. The van der Waals surface area contributed by atoms with Crippen LogP contribution in [0.5, 0.6) is 0 Å². The van der Waals surface area contributed by atoms with E-state index in [9.17, 15) is 19.8 Å². The van der Waals surface area contributed by atoms with Crippen LogP contribution in [0, 0.1) is 0 Å². The van der Waals surface area contributed by atoms with E-state index < -0.39 is 11.9 Å². The number of anilines is 1. The molecule has 6 nitrogen and oxygen atoms in total. The van der Waals surface area contributed by atoms with Gasteiger partial charge in [0.15, 0.2) is 12.3 Å². The lowest BCUT2D eigenvalue weighted by Crippen LogP contribution is -2.31. The van der Waals surface area contributed by atoms with Gasteiger partial charge in [0.05, 0.1) is 11.8 Å². The van der Waals surface area contributed by atoms with Crippen molar-refractivity contribution in [2.24, 2.45) is 0 Å². The quantitative estimate of drug-likeness (QED) is 0.0836. The maximum Gasteiger partial charge on any atom is 0.309 e. The second-order valence-electron chi connectivity index (χ2n) is 14.0. The maximum absolute atomic E-state index is 11.6. The Morgan fingerprint density at radius 1 is 0.714 bits per heavy atom. The van der Waals surface area contributed by atoms with E-state index >= 15 is 0 Å². The van der Waals surface area contributed by atoms with Crippen LogP contribution >= 0.6 is 0 Å². The van der Waals surface area contributed by atoms with E-state index in [-0.39, 0.29) is 23.7 Å². The Hall–Kier alpha value is -4.19. The number of hydrogen-bond donors (Lipinski definition) is 2. The number of carboxylic acids is 2. The van der Waals surface area contributed by atoms with Crippen LogP contribution in [0.1, 0.15) is 116 Å². The molecule has 262 valence electrons. The van der Waals surface area contributed by atoms with Crippen LogP contribution in [0.2, 0.25) is 0 Å². The molecule has 2 unspecified atom stereocenters. The second-order valence-corrected chi connectivity index (χ2v) is 14.0. The highest BCUT2D eigenvalue weighted by atomic mass is 16.4. The lowest BCUT2D eigenvalue weighted by molar-refractivity contribution is -0.436. The molecular weight excluding hydrogens is 608 g/mol. The highest BCUT2D eigenvalue weighted by molar-refractivity contribution is 6.03. The molecule has 0 saturated heterocycles. The number of benzene rings is 2. The van der Waals surface area contributed by atoms with Crippen LogP contribution < -0.4 is 4.90 Å². The summed E-state index contributed by atoms with van der Waals surface area (Å²) in [6.45, 7) is 9.95. The van der Waals surface area contributed by atoms with Crippen LogP contribution in [-0.2, 0) is 20.4 Å². The SMILES string of the molecule is CCCCCCC1(C)C(/C=C/C=C/C=C/C=C2/N(CCC(=O)O)c3ccccc3C2(C)CCCCCC)=[N+](CCC(=O)O)c2ccccc21. The highest BCUT2D eigenvalue weighted by Crippen LogP contribution is 2.50. The summed E-state index contributed by atoms with van der Waals surface area (Å²) < 4.78 is 2.21. The average molecular weight is 666 g/mol. The number of aliphatic carboxylic acids is 2. The molecule has 0 amide bonds. The van der Waals surface area contributed by atoms with Crippen LogP contribution in [0.15, 0.2) is 96.8 Å². The summed E-state index contributed by atoms with van der Waals surface area (Å²) >= 11 is 0. The number of rotatable bonds is 20. The first-order valence-corrected chi connectivity index (χ1v) is 18.4. The van der Waals surface area contributed by atoms with E-state index in [4.69, 9.17) is 0 Å². The van der Waals surface area contributed by atoms with Gasteiger partial charge in [-0.3, -0.25) is 9.59 Å². The molecule has 2 aromatic carbocycles. The zero-order valence-corrected chi connectivity index (χ0v) is 30.2. The first kappa shape index (κ1) is 37.6. The molecule has 2 heterocycles.